The number of benzene rings is 1. The van der Waals surface area contributed by atoms with Crippen LogP contribution in [-0.4, -0.2) is 28.7 Å². The Labute approximate surface area is 148 Å². The zero-order valence-electron chi connectivity index (χ0n) is 14.7. The van der Waals surface area contributed by atoms with Gasteiger partial charge in [0.25, 0.3) is 0 Å². The Balaban J connectivity index is 1.57. The predicted octanol–water partition coefficient (Wildman–Crippen LogP) is 3.45. The molecule has 25 heavy (non-hydrogen) atoms. The summed E-state index contributed by atoms with van der Waals surface area (Å²) in [6.45, 7) is 2.47. The van der Waals surface area contributed by atoms with E-state index in [0.717, 1.165) is 55.2 Å². The number of carbonyl (C=O) groups is 1. The van der Waals surface area contributed by atoms with Crippen molar-refractivity contribution in [3.05, 3.63) is 30.1 Å². The van der Waals surface area contributed by atoms with Gasteiger partial charge < -0.3 is 15.8 Å². The molecule has 1 heterocycles. The minimum absolute atomic E-state index is 0.220. The summed E-state index contributed by atoms with van der Waals surface area (Å²) in [5.41, 5.74) is 9.72. The number of nitrogens with two attached hydrogens (primary N) is 1. The molecule has 0 unspecified atom stereocenters. The van der Waals surface area contributed by atoms with E-state index in [9.17, 15) is 4.79 Å². The third kappa shape index (κ3) is 4.59. The predicted molar refractivity (Wildman–Crippen MR) is 98.2 cm³/mol. The fourth-order valence-corrected chi connectivity index (χ4v) is 3.55. The standard InChI is InChI=1S/C19H26N4O2/c1-2-9-25-19(24)23-16-5-3-13(4-6-16)10-14-11-15(20)12-17-18(14)22-8-7-21-17/h7-8,11-13,16H,2-6,9-10,20H2,1H3,(H,23,24). The molecule has 1 aromatic heterocycles. The van der Waals surface area contributed by atoms with Crippen molar-refractivity contribution in [2.24, 2.45) is 5.92 Å². The van der Waals surface area contributed by atoms with E-state index in [0.29, 0.717) is 12.5 Å². The average Bonchev–Trinajstić information content (AvgIpc) is 2.61. The number of amides is 1. The second kappa shape index (κ2) is 8.14. The quantitative estimate of drug-likeness (QED) is 0.812. The highest BCUT2D eigenvalue weighted by Crippen LogP contribution is 2.30. The van der Waals surface area contributed by atoms with Gasteiger partial charge in [-0.2, -0.15) is 0 Å². The van der Waals surface area contributed by atoms with Crippen molar-refractivity contribution in [1.82, 2.24) is 15.3 Å². The third-order valence-corrected chi connectivity index (χ3v) is 4.79. The summed E-state index contributed by atoms with van der Waals surface area (Å²) in [5, 5.41) is 2.97. The van der Waals surface area contributed by atoms with Crippen LogP contribution >= 0.6 is 0 Å². The number of hydrogen-bond donors (Lipinski definition) is 2. The van der Waals surface area contributed by atoms with Crippen molar-refractivity contribution >= 4 is 22.8 Å². The Kier molecular flexibility index (Phi) is 5.68. The molecule has 2 aromatic rings. The molecule has 6 nitrogen and oxygen atoms in total. The molecule has 6 heteroatoms. The molecule has 1 amide bonds. The number of nitrogen functional groups attached to an aromatic ring is 1. The molecule has 3 N–H and O–H groups in total. The second-order valence-corrected chi connectivity index (χ2v) is 6.81. The molecule has 1 saturated carbocycles. The van der Waals surface area contributed by atoms with E-state index in [1.807, 2.05) is 19.1 Å². The van der Waals surface area contributed by atoms with E-state index in [2.05, 4.69) is 15.3 Å². The Morgan fingerprint density at radius 1 is 1.24 bits per heavy atom. The van der Waals surface area contributed by atoms with Gasteiger partial charge in [-0.1, -0.05) is 6.92 Å². The molecule has 0 radical (unpaired) electrons. The van der Waals surface area contributed by atoms with Gasteiger partial charge in [0.05, 0.1) is 17.6 Å². The van der Waals surface area contributed by atoms with Crippen molar-refractivity contribution in [3.8, 4) is 0 Å². The zero-order chi connectivity index (χ0) is 17.6. The molecular formula is C19H26N4O2. The molecule has 1 aliphatic rings. The largest absolute Gasteiger partial charge is 0.450 e. The highest BCUT2D eigenvalue weighted by Gasteiger charge is 2.23. The van der Waals surface area contributed by atoms with E-state index < -0.39 is 0 Å². The van der Waals surface area contributed by atoms with Crippen LogP contribution in [0.25, 0.3) is 11.0 Å². The first-order valence-electron chi connectivity index (χ1n) is 9.08. The van der Waals surface area contributed by atoms with Crippen LogP contribution in [0.3, 0.4) is 0 Å². The summed E-state index contributed by atoms with van der Waals surface area (Å²) in [5.74, 6) is 0.580. The monoisotopic (exact) mass is 342 g/mol. The van der Waals surface area contributed by atoms with Gasteiger partial charge in [0.15, 0.2) is 0 Å². The van der Waals surface area contributed by atoms with Crippen LogP contribution in [0.5, 0.6) is 0 Å². The molecule has 0 aliphatic heterocycles. The summed E-state index contributed by atoms with van der Waals surface area (Å²) in [6.07, 6.45) is 9.05. The van der Waals surface area contributed by atoms with Gasteiger partial charge in [0, 0.05) is 24.1 Å². The Morgan fingerprint density at radius 2 is 2.00 bits per heavy atom. The molecular weight excluding hydrogens is 316 g/mol. The van der Waals surface area contributed by atoms with Crippen molar-refractivity contribution in [3.63, 3.8) is 0 Å². The summed E-state index contributed by atoms with van der Waals surface area (Å²) >= 11 is 0. The number of rotatable bonds is 5. The molecule has 1 aliphatic carbocycles. The van der Waals surface area contributed by atoms with Gasteiger partial charge in [-0.25, -0.2) is 4.79 Å². The molecule has 0 saturated heterocycles. The maximum Gasteiger partial charge on any atom is 0.407 e. The number of hydrogen-bond acceptors (Lipinski definition) is 5. The van der Waals surface area contributed by atoms with E-state index in [-0.39, 0.29) is 12.1 Å². The number of nitrogens with zero attached hydrogens (tertiary/aromatic N) is 2. The lowest BCUT2D eigenvalue weighted by molar-refractivity contribution is 0.137. The lowest BCUT2D eigenvalue weighted by Crippen LogP contribution is -2.38. The fourth-order valence-electron chi connectivity index (χ4n) is 3.55. The summed E-state index contributed by atoms with van der Waals surface area (Å²) in [7, 11) is 0. The van der Waals surface area contributed by atoms with Crippen molar-refractivity contribution in [1.29, 1.82) is 0 Å². The number of anilines is 1. The van der Waals surface area contributed by atoms with Gasteiger partial charge in [0.1, 0.15) is 0 Å². The lowest BCUT2D eigenvalue weighted by Gasteiger charge is -2.29. The minimum Gasteiger partial charge on any atom is -0.450 e. The zero-order valence-corrected chi connectivity index (χ0v) is 14.7. The van der Waals surface area contributed by atoms with Crippen LogP contribution in [0.1, 0.15) is 44.6 Å². The first-order valence-corrected chi connectivity index (χ1v) is 9.08. The van der Waals surface area contributed by atoms with E-state index in [1.165, 1.54) is 5.56 Å². The van der Waals surface area contributed by atoms with Crippen LogP contribution < -0.4 is 11.1 Å². The number of alkyl carbamates (subject to hydrolysis) is 1. The number of ether oxygens (including phenoxy) is 1. The van der Waals surface area contributed by atoms with Crippen molar-refractivity contribution < 1.29 is 9.53 Å². The highest BCUT2D eigenvalue weighted by molar-refractivity contribution is 5.81. The third-order valence-electron chi connectivity index (χ3n) is 4.79. The summed E-state index contributed by atoms with van der Waals surface area (Å²) in [4.78, 5) is 20.5. The molecule has 0 bridgehead atoms. The van der Waals surface area contributed by atoms with Crippen LogP contribution in [0.2, 0.25) is 0 Å². The molecule has 0 atom stereocenters. The van der Waals surface area contributed by atoms with Crippen LogP contribution in [-0.2, 0) is 11.2 Å². The van der Waals surface area contributed by atoms with Crippen LogP contribution in [0, 0.1) is 5.92 Å². The second-order valence-electron chi connectivity index (χ2n) is 6.81. The SMILES string of the molecule is CCCOC(=O)NC1CCC(Cc2cc(N)cc3nccnc23)CC1. The average molecular weight is 342 g/mol. The maximum atomic E-state index is 11.7. The highest BCUT2D eigenvalue weighted by atomic mass is 16.5. The molecule has 1 aromatic carbocycles. The summed E-state index contributed by atoms with van der Waals surface area (Å²) < 4.78 is 5.10. The van der Waals surface area contributed by atoms with E-state index >= 15 is 0 Å². The van der Waals surface area contributed by atoms with Gasteiger partial charge >= 0.3 is 6.09 Å². The lowest BCUT2D eigenvalue weighted by atomic mass is 9.82. The smallest absolute Gasteiger partial charge is 0.407 e. The van der Waals surface area contributed by atoms with Gasteiger partial charge in [0.2, 0.25) is 0 Å². The summed E-state index contributed by atoms with van der Waals surface area (Å²) in [6, 6.07) is 4.11. The maximum absolute atomic E-state index is 11.7. The number of carbonyl (C=O) groups excluding carboxylic acids is 1. The van der Waals surface area contributed by atoms with E-state index in [1.54, 1.807) is 12.4 Å². The Bertz CT molecular complexity index is 726. The number of aromatic nitrogens is 2. The molecule has 3 rings (SSSR count). The van der Waals surface area contributed by atoms with Gasteiger partial charge in [-0.3, -0.25) is 9.97 Å². The van der Waals surface area contributed by atoms with Crippen LogP contribution in [0.4, 0.5) is 10.5 Å². The minimum atomic E-state index is -0.289. The Hall–Kier alpha value is -2.37. The van der Waals surface area contributed by atoms with Crippen molar-refractivity contribution in [2.75, 3.05) is 12.3 Å². The molecule has 1 fully saturated rings. The van der Waals surface area contributed by atoms with E-state index in [4.69, 9.17) is 10.5 Å². The first kappa shape index (κ1) is 17.5. The van der Waals surface area contributed by atoms with Crippen LogP contribution in [0.15, 0.2) is 24.5 Å². The van der Waals surface area contributed by atoms with Gasteiger partial charge in [-0.15, -0.1) is 0 Å². The Morgan fingerprint density at radius 3 is 2.76 bits per heavy atom. The van der Waals surface area contributed by atoms with Crippen molar-refractivity contribution in [2.45, 2.75) is 51.5 Å². The number of nitrogens with one attached hydrogen (secondary N) is 1. The molecule has 0 spiro atoms. The first-order chi connectivity index (χ1) is 12.2. The fraction of sp³-hybridized carbons (Fsp3) is 0.526. The normalized spacial score (nSPS) is 20.4. The topological polar surface area (TPSA) is 90.1 Å². The molecule has 134 valence electrons. The number of fused-ring (bicyclic) bond motifs is 1. The van der Waals surface area contributed by atoms with Gasteiger partial charge in [-0.05, 0) is 62.1 Å².